The van der Waals surface area contributed by atoms with E-state index in [1.807, 2.05) is 0 Å². The summed E-state index contributed by atoms with van der Waals surface area (Å²) in [4.78, 5) is 12.2. The fourth-order valence-corrected chi connectivity index (χ4v) is 2.83. The highest BCUT2D eigenvalue weighted by Crippen LogP contribution is 2.30. The Balaban J connectivity index is 2.03. The molecule has 1 aromatic rings. The molecule has 0 N–H and O–H groups in total. The van der Waals surface area contributed by atoms with Gasteiger partial charge in [-0.1, -0.05) is 37.4 Å². The van der Waals surface area contributed by atoms with E-state index in [1.54, 1.807) is 12.1 Å². The topological polar surface area (TPSA) is 17.1 Å². The molecule has 18 heavy (non-hydrogen) atoms. The number of ketones is 1. The van der Waals surface area contributed by atoms with Crippen LogP contribution in [0, 0.1) is 17.7 Å². The first-order valence-electron chi connectivity index (χ1n) is 6.53. The quantitative estimate of drug-likeness (QED) is 0.793. The van der Waals surface area contributed by atoms with Gasteiger partial charge in [0.2, 0.25) is 0 Å². The highest BCUT2D eigenvalue weighted by atomic mass is 35.5. The molecule has 0 radical (unpaired) electrons. The first-order valence-corrected chi connectivity index (χ1v) is 6.91. The largest absolute Gasteiger partial charge is 0.299 e. The Morgan fingerprint density at radius 2 is 2.00 bits per heavy atom. The summed E-state index contributed by atoms with van der Waals surface area (Å²) in [5.74, 6) is 0.567. The third kappa shape index (κ3) is 3.11. The molecule has 0 saturated heterocycles. The molecular weight excluding hydrogens is 251 g/mol. The molecule has 1 saturated carbocycles. The van der Waals surface area contributed by atoms with Crippen molar-refractivity contribution < 1.29 is 9.18 Å². The van der Waals surface area contributed by atoms with E-state index in [2.05, 4.69) is 6.92 Å². The maximum absolute atomic E-state index is 13.6. The zero-order chi connectivity index (χ0) is 13.1. The third-order valence-electron chi connectivity index (χ3n) is 3.88. The summed E-state index contributed by atoms with van der Waals surface area (Å²) in [5.41, 5.74) is 0.350. The summed E-state index contributed by atoms with van der Waals surface area (Å²) < 4.78 is 13.6. The van der Waals surface area contributed by atoms with Crippen LogP contribution in [0.3, 0.4) is 0 Å². The molecule has 0 atom stereocenters. The van der Waals surface area contributed by atoms with E-state index < -0.39 is 0 Å². The molecule has 1 nitrogen and oxygen atoms in total. The first kappa shape index (κ1) is 13.5. The lowest BCUT2D eigenvalue weighted by atomic mass is 9.79. The van der Waals surface area contributed by atoms with E-state index in [9.17, 15) is 9.18 Å². The van der Waals surface area contributed by atoms with E-state index in [1.165, 1.54) is 6.07 Å². The molecule has 1 aromatic carbocycles. The fourth-order valence-electron chi connectivity index (χ4n) is 2.60. The molecule has 1 aliphatic carbocycles. The molecule has 0 spiro atoms. The molecule has 3 heteroatoms. The first-order chi connectivity index (χ1) is 8.58. The molecule has 0 bridgehead atoms. The van der Waals surface area contributed by atoms with Crippen molar-refractivity contribution in [3.05, 3.63) is 34.6 Å². The zero-order valence-electron chi connectivity index (χ0n) is 10.6. The minimum Gasteiger partial charge on any atom is -0.299 e. The Kier molecular flexibility index (Phi) is 4.39. The molecule has 0 aromatic heterocycles. The standard InChI is InChI=1S/C15H18ClFO/c1-10-5-7-11(8-6-10)15(18)9-12-13(16)3-2-4-14(12)17/h2-4,10-11H,5-9H2,1H3. The lowest BCUT2D eigenvalue weighted by Crippen LogP contribution is -2.22. The molecule has 1 fully saturated rings. The minimum absolute atomic E-state index is 0.0943. The molecular formula is C15H18ClFO. The second-order valence-electron chi connectivity index (χ2n) is 5.30. The SMILES string of the molecule is CC1CCC(C(=O)Cc2c(F)cccc2Cl)CC1. The molecule has 0 unspecified atom stereocenters. The Morgan fingerprint density at radius 1 is 1.33 bits per heavy atom. The van der Waals surface area contributed by atoms with Gasteiger partial charge < -0.3 is 0 Å². The molecule has 0 aliphatic heterocycles. The number of carbonyl (C=O) groups excluding carboxylic acids is 1. The van der Waals surface area contributed by atoms with Crippen LogP contribution in [0.5, 0.6) is 0 Å². The van der Waals surface area contributed by atoms with Gasteiger partial charge in [-0.2, -0.15) is 0 Å². The van der Waals surface area contributed by atoms with Crippen molar-refractivity contribution in [3.63, 3.8) is 0 Å². The van der Waals surface area contributed by atoms with Gasteiger partial charge in [-0.05, 0) is 30.9 Å². The Labute approximate surface area is 112 Å². The lowest BCUT2D eigenvalue weighted by molar-refractivity contribution is -0.123. The predicted octanol–water partition coefficient (Wildman–Crippen LogP) is 4.42. The molecule has 2 rings (SSSR count). The van der Waals surface area contributed by atoms with Crippen LogP contribution >= 0.6 is 11.6 Å². The van der Waals surface area contributed by atoms with Gasteiger partial charge >= 0.3 is 0 Å². The molecule has 98 valence electrons. The highest BCUT2D eigenvalue weighted by Gasteiger charge is 2.25. The number of halogens is 2. The van der Waals surface area contributed by atoms with Crippen molar-refractivity contribution in [1.29, 1.82) is 0 Å². The van der Waals surface area contributed by atoms with E-state index in [0.717, 1.165) is 25.7 Å². The van der Waals surface area contributed by atoms with Crippen LogP contribution in [0.1, 0.15) is 38.2 Å². The third-order valence-corrected chi connectivity index (χ3v) is 4.24. The van der Waals surface area contributed by atoms with E-state index in [4.69, 9.17) is 11.6 Å². The van der Waals surface area contributed by atoms with Crippen LogP contribution in [0.4, 0.5) is 4.39 Å². The minimum atomic E-state index is -0.375. The van der Waals surface area contributed by atoms with E-state index in [0.29, 0.717) is 16.5 Å². The number of hydrogen-bond donors (Lipinski definition) is 0. The van der Waals surface area contributed by atoms with Crippen molar-refractivity contribution in [2.45, 2.75) is 39.0 Å². The number of hydrogen-bond acceptors (Lipinski definition) is 1. The van der Waals surface area contributed by atoms with Gasteiger partial charge in [-0.3, -0.25) is 4.79 Å². The molecule has 0 amide bonds. The molecule has 1 aliphatic rings. The summed E-state index contributed by atoms with van der Waals surface area (Å²) in [6, 6.07) is 4.56. The maximum atomic E-state index is 13.6. The summed E-state index contributed by atoms with van der Waals surface area (Å²) >= 11 is 5.94. The maximum Gasteiger partial charge on any atom is 0.140 e. The van der Waals surface area contributed by atoms with Crippen LogP contribution in [0.15, 0.2) is 18.2 Å². The second-order valence-corrected chi connectivity index (χ2v) is 5.71. The van der Waals surface area contributed by atoms with E-state index >= 15 is 0 Å². The number of benzene rings is 1. The van der Waals surface area contributed by atoms with Crippen molar-refractivity contribution >= 4 is 17.4 Å². The van der Waals surface area contributed by atoms with Gasteiger partial charge in [-0.25, -0.2) is 4.39 Å². The Morgan fingerprint density at radius 3 is 2.61 bits per heavy atom. The van der Waals surface area contributed by atoms with Crippen LogP contribution in [0.2, 0.25) is 5.02 Å². The van der Waals surface area contributed by atoms with Gasteiger partial charge in [-0.15, -0.1) is 0 Å². The lowest BCUT2D eigenvalue weighted by Gasteiger charge is -2.25. The van der Waals surface area contributed by atoms with Gasteiger partial charge in [0.25, 0.3) is 0 Å². The van der Waals surface area contributed by atoms with Crippen LogP contribution < -0.4 is 0 Å². The zero-order valence-corrected chi connectivity index (χ0v) is 11.3. The van der Waals surface area contributed by atoms with Gasteiger partial charge in [0.1, 0.15) is 11.6 Å². The van der Waals surface area contributed by atoms with Crippen molar-refractivity contribution in [2.24, 2.45) is 11.8 Å². The normalized spacial score (nSPS) is 23.9. The van der Waals surface area contributed by atoms with Crippen molar-refractivity contribution in [2.75, 3.05) is 0 Å². The summed E-state index contributed by atoms with van der Waals surface area (Å²) in [6.07, 6.45) is 4.20. The number of Topliss-reactive ketones (excluding diaryl/α,β-unsaturated/α-hetero) is 1. The van der Waals surface area contributed by atoms with Gasteiger partial charge in [0.05, 0.1) is 0 Å². The average molecular weight is 269 g/mol. The van der Waals surface area contributed by atoms with E-state index in [-0.39, 0.29) is 23.9 Å². The van der Waals surface area contributed by atoms with Crippen molar-refractivity contribution in [3.8, 4) is 0 Å². The number of rotatable bonds is 3. The Bertz CT molecular complexity index is 416. The average Bonchev–Trinajstić information content (AvgIpc) is 2.34. The van der Waals surface area contributed by atoms with Crippen LogP contribution in [-0.2, 0) is 11.2 Å². The summed E-state index contributed by atoms with van der Waals surface area (Å²) in [5, 5.41) is 0.354. The Hall–Kier alpha value is -0.890. The summed E-state index contributed by atoms with van der Waals surface area (Å²) in [6.45, 7) is 2.22. The second kappa shape index (κ2) is 5.83. The molecule has 0 heterocycles. The van der Waals surface area contributed by atoms with Gasteiger partial charge in [0.15, 0.2) is 0 Å². The predicted molar refractivity (Wildman–Crippen MR) is 71.2 cm³/mol. The van der Waals surface area contributed by atoms with Gasteiger partial charge in [0, 0.05) is 22.9 Å². The summed E-state index contributed by atoms with van der Waals surface area (Å²) in [7, 11) is 0. The van der Waals surface area contributed by atoms with Crippen LogP contribution in [0.25, 0.3) is 0 Å². The fraction of sp³-hybridized carbons (Fsp3) is 0.533. The smallest absolute Gasteiger partial charge is 0.140 e. The van der Waals surface area contributed by atoms with Crippen LogP contribution in [-0.4, -0.2) is 5.78 Å². The van der Waals surface area contributed by atoms with Crippen molar-refractivity contribution in [1.82, 2.24) is 0 Å². The monoisotopic (exact) mass is 268 g/mol. The number of carbonyl (C=O) groups is 1. The highest BCUT2D eigenvalue weighted by molar-refractivity contribution is 6.31.